The Balaban J connectivity index is 2.41. The Morgan fingerprint density at radius 2 is 2.00 bits per heavy atom. The SMILES string of the molecule is CCNCc1cnc(C)cc1N(C)c1ccccc1OC. The normalized spacial score (nSPS) is 10.5. The minimum Gasteiger partial charge on any atom is -0.495 e. The van der Waals surface area contributed by atoms with E-state index in [1.54, 1.807) is 7.11 Å². The smallest absolute Gasteiger partial charge is 0.142 e. The maximum atomic E-state index is 5.47. The summed E-state index contributed by atoms with van der Waals surface area (Å²) in [5, 5.41) is 3.36. The number of methoxy groups -OCH3 is 1. The van der Waals surface area contributed by atoms with Crippen molar-refractivity contribution in [3.8, 4) is 5.75 Å². The van der Waals surface area contributed by atoms with E-state index in [0.29, 0.717) is 0 Å². The van der Waals surface area contributed by atoms with Crippen LogP contribution in [0.5, 0.6) is 5.75 Å². The summed E-state index contributed by atoms with van der Waals surface area (Å²) < 4.78 is 5.47. The average molecular weight is 285 g/mol. The summed E-state index contributed by atoms with van der Waals surface area (Å²) >= 11 is 0. The van der Waals surface area contributed by atoms with E-state index in [4.69, 9.17) is 4.74 Å². The molecule has 0 radical (unpaired) electrons. The van der Waals surface area contributed by atoms with Gasteiger partial charge in [-0.1, -0.05) is 19.1 Å². The molecule has 0 amide bonds. The average Bonchev–Trinajstić information content (AvgIpc) is 2.53. The summed E-state index contributed by atoms with van der Waals surface area (Å²) in [6.45, 7) is 5.85. The lowest BCUT2D eigenvalue weighted by Crippen LogP contribution is -2.18. The van der Waals surface area contributed by atoms with Gasteiger partial charge in [-0.3, -0.25) is 4.98 Å². The first-order chi connectivity index (χ1) is 10.2. The molecule has 0 spiro atoms. The molecule has 0 saturated heterocycles. The molecule has 0 fully saturated rings. The molecule has 0 atom stereocenters. The minimum atomic E-state index is 0.804. The number of para-hydroxylation sites is 2. The number of rotatable bonds is 6. The Hall–Kier alpha value is -2.07. The third-order valence-corrected chi connectivity index (χ3v) is 3.47. The number of pyridine rings is 1. The number of nitrogens with one attached hydrogen (secondary N) is 1. The van der Waals surface area contributed by atoms with Crippen LogP contribution in [0.4, 0.5) is 11.4 Å². The molecule has 0 aliphatic carbocycles. The van der Waals surface area contributed by atoms with Crippen molar-refractivity contribution in [2.75, 3.05) is 25.6 Å². The number of hydrogen-bond donors (Lipinski definition) is 1. The van der Waals surface area contributed by atoms with Gasteiger partial charge in [0.1, 0.15) is 5.75 Å². The van der Waals surface area contributed by atoms with Gasteiger partial charge in [0, 0.05) is 36.7 Å². The van der Waals surface area contributed by atoms with Gasteiger partial charge in [0.15, 0.2) is 0 Å². The number of nitrogens with zero attached hydrogens (tertiary/aromatic N) is 2. The highest BCUT2D eigenvalue weighted by Gasteiger charge is 2.13. The maximum Gasteiger partial charge on any atom is 0.142 e. The van der Waals surface area contributed by atoms with Crippen LogP contribution >= 0.6 is 0 Å². The highest BCUT2D eigenvalue weighted by Crippen LogP contribution is 2.33. The molecule has 0 bridgehead atoms. The van der Waals surface area contributed by atoms with Crippen LogP contribution in [-0.4, -0.2) is 25.7 Å². The fourth-order valence-electron chi connectivity index (χ4n) is 2.32. The van der Waals surface area contributed by atoms with Gasteiger partial charge in [0.05, 0.1) is 12.8 Å². The number of anilines is 2. The molecule has 1 heterocycles. The van der Waals surface area contributed by atoms with E-state index in [-0.39, 0.29) is 0 Å². The van der Waals surface area contributed by atoms with Crippen molar-refractivity contribution in [3.63, 3.8) is 0 Å². The van der Waals surface area contributed by atoms with Gasteiger partial charge < -0.3 is 15.0 Å². The van der Waals surface area contributed by atoms with Crippen LogP contribution in [0.1, 0.15) is 18.2 Å². The highest BCUT2D eigenvalue weighted by atomic mass is 16.5. The third-order valence-electron chi connectivity index (χ3n) is 3.47. The van der Waals surface area contributed by atoms with Crippen molar-refractivity contribution >= 4 is 11.4 Å². The molecule has 0 aliphatic heterocycles. The molecule has 21 heavy (non-hydrogen) atoms. The predicted octanol–water partition coefficient (Wildman–Crippen LogP) is 3.28. The van der Waals surface area contributed by atoms with Crippen molar-refractivity contribution in [2.45, 2.75) is 20.4 Å². The van der Waals surface area contributed by atoms with Gasteiger partial charge in [-0.2, -0.15) is 0 Å². The van der Waals surface area contributed by atoms with Crippen molar-refractivity contribution in [3.05, 3.63) is 47.8 Å². The van der Waals surface area contributed by atoms with Crippen molar-refractivity contribution in [1.29, 1.82) is 0 Å². The number of aromatic nitrogens is 1. The fraction of sp³-hybridized carbons (Fsp3) is 0.353. The molecule has 1 aromatic carbocycles. The molecular weight excluding hydrogens is 262 g/mol. The van der Waals surface area contributed by atoms with E-state index >= 15 is 0 Å². The maximum absolute atomic E-state index is 5.47. The third kappa shape index (κ3) is 3.52. The van der Waals surface area contributed by atoms with E-state index in [1.807, 2.05) is 31.3 Å². The van der Waals surface area contributed by atoms with Crippen LogP contribution in [0.2, 0.25) is 0 Å². The zero-order chi connectivity index (χ0) is 15.2. The Morgan fingerprint density at radius 3 is 2.71 bits per heavy atom. The fourth-order valence-corrected chi connectivity index (χ4v) is 2.32. The second-order valence-corrected chi connectivity index (χ2v) is 4.97. The molecule has 1 N–H and O–H groups in total. The number of hydrogen-bond acceptors (Lipinski definition) is 4. The molecule has 2 rings (SSSR count). The summed E-state index contributed by atoms with van der Waals surface area (Å²) in [4.78, 5) is 6.57. The minimum absolute atomic E-state index is 0.804. The van der Waals surface area contributed by atoms with Gasteiger partial charge in [0.25, 0.3) is 0 Å². The molecule has 4 nitrogen and oxygen atoms in total. The Labute approximate surface area is 126 Å². The first-order valence-electron chi connectivity index (χ1n) is 7.20. The van der Waals surface area contributed by atoms with E-state index in [1.165, 1.54) is 5.56 Å². The topological polar surface area (TPSA) is 37.4 Å². The molecule has 4 heteroatoms. The van der Waals surface area contributed by atoms with E-state index in [9.17, 15) is 0 Å². The van der Waals surface area contributed by atoms with Crippen LogP contribution in [-0.2, 0) is 6.54 Å². The molecule has 0 saturated carbocycles. The number of aryl methyl sites for hydroxylation is 1. The zero-order valence-electron chi connectivity index (χ0n) is 13.2. The van der Waals surface area contributed by atoms with Gasteiger partial charge in [-0.25, -0.2) is 0 Å². The van der Waals surface area contributed by atoms with E-state index in [0.717, 1.165) is 35.9 Å². The Bertz CT molecular complexity index is 598. The van der Waals surface area contributed by atoms with Crippen molar-refractivity contribution in [2.24, 2.45) is 0 Å². The largest absolute Gasteiger partial charge is 0.495 e. The number of ether oxygens (including phenoxy) is 1. The van der Waals surface area contributed by atoms with Gasteiger partial charge in [-0.05, 0) is 31.7 Å². The second-order valence-electron chi connectivity index (χ2n) is 4.97. The molecular formula is C17H23N3O. The first-order valence-corrected chi connectivity index (χ1v) is 7.20. The van der Waals surface area contributed by atoms with Crippen molar-refractivity contribution < 1.29 is 4.74 Å². The van der Waals surface area contributed by atoms with Crippen LogP contribution in [0.25, 0.3) is 0 Å². The first kappa shape index (κ1) is 15.3. The molecule has 2 aromatic rings. The van der Waals surface area contributed by atoms with Gasteiger partial charge in [0.2, 0.25) is 0 Å². The standard InChI is InChI=1S/C17H23N3O/c1-5-18-11-14-12-19-13(2)10-16(14)20(3)15-8-6-7-9-17(15)21-4/h6-10,12,18H,5,11H2,1-4H3. The lowest BCUT2D eigenvalue weighted by atomic mass is 10.1. The zero-order valence-corrected chi connectivity index (χ0v) is 13.2. The monoisotopic (exact) mass is 285 g/mol. The van der Waals surface area contributed by atoms with Crippen LogP contribution in [0.3, 0.4) is 0 Å². The Kier molecular flexibility index (Phi) is 5.17. The molecule has 1 aromatic heterocycles. The lowest BCUT2D eigenvalue weighted by molar-refractivity contribution is 0.415. The summed E-state index contributed by atoms with van der Waals surface area (Å²) in [5.74, 6) is 0.865. The summed E-state index contributed by atoms with van der Waals surface area (Å²) in [6.07, 6.45) is 1.94. The summed E-state index contributed by atoms with van der Waals surface area (Å²) in [7, 11) is 3.76. The van der Waals surface area contributed by atoms with Crippen molar-refractivity contribution in [1.82, 2.24) is 10.3 Å². The summed E-state index contributed by atoms with van der Waals surface area (Å²) in [6, 6.07) is 10.1. The van der Waals surface area contributed by atoms with E-state index in [2.05, 4.69) is 41.3 Å². The predicted molar refractivity (Wildman–Crippen MR) is 87.4 cm³/mol. The molecule has 0 aliphatic rings. The molecule has 112 valence electrons. The van der Waals surface area contributed by atoms with E-state index < -0.39 is 0 Å². The summed E-state index contributed by atoms with van der Waals surface area (Å²) in [5.41, 5.74) is 4.37. The van der Waals surface area contributed by atoms with Gasteiger partial charge in [-0.15, -0.1) is 0 Å². The highest BCUT2D eigenvalue weighted by molar-refractivity contribution is 5.70. The van der Waals surface area contributed by atoms with Crippen LogP contribution < -0.4 is 15.0 Å². The quantitative estimate of drug-likeness (QED) is 0.884. The number of benzene rings is 1. The second kappa shape index (κ2) is 7.09. The van der Waals surface area contributed by atoms with Crippen LogP contribution in [0, 0.1) is 6.92 Å². The lowest BCUT2D eigenvalue weighted by Gasteiger charge is -2.24. The molecule has 0 unspecified atom stereocenters. The van der Waals surface area contributed by atoms with Gasteiger partial charge >= 0.3 is 0 Å². The Morgan fingerprint density at radius 1 is 1.24 bits per heavy atom. The van der Waals surface area contributed by atoms with Crippen LogP contribution in [0.15, 0.2) is 36.5 Å².